The fourth-order valence-electron chi connectivity index (χ4n) is 2.63. The van der Waals surface area contributed by atoms with Gasteiger partial charge in [-0.15, -0.1) is 12.4 Å². The summed E-state index contributed by atoms with van der Waals surface area (Å²) in [6, 6.07) is 1.20. The first-order valence-electron chi connectivity index (χ1n) is 8.52. The molecule has 3 amide bonds. The number of rotatable bonds is 5. The fourth-order valence-corrected chi connectivity index (χ4v) is 3.26. The van der Waals surface area contributed by atoms with E-state index in [9.17, 15) is 14.4 Å². The summed E-state index contributed by atoms with van der Waals surface area (Å²) in [6.45, 7) is 5.85. The Balaban J connectivity index is 0.00000338. The van der Waals surface area contributed by atoms with Gasteiger partial charge in [-0.05, 0) is 23.8 Å². The van der Waals surface area contributed by atoms with Crippen LogP contribution in [0.2, 0.25) is 0 Å². The summed E-state index contributed by atoms with van der Waals surface area (Å²) in [5.74, 6) is -0.432. The molecule has 26 heavy (non-hydrogen) atoms. The highest BCUT2D eigenvalue weighted by Crippen LogP contribution is 2.12. The summed E-state index contributed by atoms with van der Waals surface area (Å²) in [5.41, 5.74) is 6.46. The number of carbonyl (C=O) groups excluding carboxylic acids is 3. The standard InChI is InChI=1S/C17H26N4O3S.ClH/c1-12(2)15(18)16(23)19-10-14(22)20-5-3-6-21(8-7-20)17(24)13-4-9-25-11-13;/h4,9,11-12,15H,3,5-8,10,18H2,1-2H3,(H,19,23);1H/t15-;/m0./s1. The first kappa shape index (κ1) is 22.4. The van der Waals surface area contributed by atoms with E-state index in [4.69, 9.17) is 5.73 Å². The molecule has 0 radical (unpaired) electrons. The third-order valence-electron chi connectivity index (χ3n) is 4.34. The normalized spacial score (nSPS) is 15.8. The molecule has 1 aliphatic heterocycles. The average Bonchev–Trinajstić information content (AvgIpc) is 3.02. The molecule has 7 nitrogen and oxygen atoms in total. The molecule has 0 spiro atoms. The van der Waals surface area contributed by atoms with Crippen LogP contribution in [0.5, 0.6) is 0 Å². The summed E-state index contributed by atoms with van der Waals surface area (Å²) in [6.07, 6.45) is 0.723. The molecule has 1 fully saturated rings. The van der Waals surface area contributed by atoms with Gasteiger partial charge in [0.25, 0.3) is 5.91 Å². The second-order valence-corrected chi connectivity index (χ2v) is 7.31. The highest BCUT2D eigenvalue weighted by molar-refractivity contribution is 7.08. The van der Waals surface area contributed by atoms with Gasteiger partial charge in [0, 0.05) is 31.6 Å². The van der Waals surface area contributed by atoms with Crippen LogP contribution in [0.25, 0.3) is 0 Å². The van der Waals surface area contributed by atoms with Gasteiger partial charge in [0.15, 0.2) is 0 Å². The minimum Gasteiger partial charge on any atom is -0.346 e. The van der Waals surface area contributed by atoms with Gasteiger partial charge in [-0.1, -0.05) is 13.8 Å². The lowest BCUT2D eigenvalue weighted by atomic mass is 10.1. The number of hydrogen-bond acceptors (Lipinski definition) is 5. The van der Waals surface area contributed by atoms with Crippen LogP contribution in [0.3, 0.4) is 0 Å². The van der Waals surface area contributed by atoms with Crippen molar-refractivity contribution in [3.63, 3.8) is 0 Å². The molecule has 3 N–H and O–H groups in total. The molecule has 146 valence electrons. The van der Waals surface area contributed by atoms with Crippen LogP contribution in [0.1, 0.15) is 30.6 Å². The topological polar surface area (TPSA) is 95.7 Å². The third-order valence-corrected chi connectivity index (χ3v) is 5.02. The monoisotopic (exact) mass is 402 g/mol. The number of amides is 3. The van der Waals surface area contributed by atoms with Crippen molar-refractivity contribution in [2.45, 2.75) is 26.3 Å². The van der Waals surface area contributed by atoms with Crippen LogP contribution in [-0.4, -0.2) is 66.3 Å². The summed E-state index contributed by atoms with van der Waals surface area (Å²) >= 11 is 1.49. The number of carbonyl (C=O) groups is 3. The van der Waals surface area contributed by atoms with Crippen LogP contribution in [0.4, 0.5) is 0 Å². The van der Waals surface area contributed by atoms with E-state index >= 15 is 0 Å². The molecule has 1 atom stereocenters. The molecule has 1 aliphatic rings. The van der Waals surface area contributed by atoms with E-state index in [-0.39, 0.29) is 42.6 Å². The van der Waals surface area contributed by atoms with Crippen molar-refractivity contribution in [3.05, 3.63) is 22.4 Å². The van der Waals surface area contributed by atoms with Gasteiger partial charge in [-0.25, -0.2) is 0 Å². The Morgan fingerprint density at radius 3 is 2.46 bits per heavy atom. The van der Waals surface area contributed by atoms with Gasteiger partial charge < -0.3 is 20.9 Å². The number of halogens is 1. The molecule has 0 aromatic carbocycles. The van der Waals surface area contributed by atoms with Gasteiger partial charge in [0.2, 0.25) is 11.8 Å². The maximum Gasteiger partial charge on any atom is 0.254 e. The SMILES string of the molecule is CC(C)[C@H](N)C(=O)NCC(=O)N1CCCN(C(=O)c2ccsc2)CC1.Cl. The van der Waals surface area contributed by atoms with E-state index in [0.29, 0.717) is 31.7 Å². The quantitative estimate of drug-likeness (QED) is 0.766. The molecule has 1 aromatic rings. The predicted molar refractivity (Wildman–Crippen MR) is 104 cm³/mol. The van der Waals surface area contributed by atoms with Crippen molar-refractivity contribution < 1.29 is 14.4 Å². The maximum atomic E-state index is 12.4. The predicted octanol–water partition coefficient (Wildman–Crippen LogP) is 0.944. The van der Waals surface area contributed by atoms with Crippen LogP contribution < -0.4 is 11.1 Å². The lowest BCUT2D eigenvalue weighted by molar-refractivity contribution is -0.133. The van der Waals surface area contributed by atoms with E-state index in [1.54, 1.807) is 9.80 Å². The molecule has 2 rings (SSSR count). The van der Waals surface area contributed by atoms with E-state index in [1.807, 2.05) is 30.7 Å². The summed E-state index contributed by atoms with van der Waals surface area (Å²) in [4.78, 5) is 40.1. The minimum atomic E-state index is -0.615. The van der Waals surface area contributed by atoms with Crippen LogP contribution in [-0.2, 0) is 9.59 Å². The Hall–Kier alpha value is -1.64. The first-order chi connectivity index (χ1) is 11.9. The van der Waals surface area contributed by atoms with Gasteiger partial charge in [0.05, 0.1) is 18.2 Å². The summed E-state index contributed by atoms with van der Waals surface area (Å²) < 4.78 is 0. The molecule has 0 unspecified atom stereocenters. The summed E-state index contributed by atoms with van der Waals surface area (Å²) in [7, 11) is 0. The van der Waals surface area contributed by atoms with Crippen molar-refractivity contribution in [2.75, 3.05) is 32.7 Å². The van der Waals surface area contributed by atoms with Crippen LogP contribution in [0, 0.1) is 5.92 Å². The molecule has 0 aliphatic carbocycles. The smallest absolute Gasteiger partial charge is 0.254 e. The number of nitrogens with zero attached hydrogens (tertiary/aromatic N) is 2. The largest absolute Gasteiger partial charge is 0.346 e. The Morgan fingerprint density at radius 2 is 1.85 bits per heavy atom. The highest BCUT2D eigenvalue weighted by Gasteiger charge is 2.24. The number of hydrogen-bond donors (Lipinski definition) is 2. The van der Waals surface area contributed by atoms with E-state index in [1.165, 1.54) is 11.3 Å². The molecule has 9 heteroatoms. The van der Waals surface area contributed by atoms with Crippen molar-refractivity contribution in [1.82, 2.24) is 15.1 Å². The molecule has 0 bridgehead atoms. The Kier molecular flexibility index (Phi) is 9.04. The minimum absolute atomic E-state index is 0. The number of nitrogens with two attached hydrogens (primary N) is 1. The first-order valence-corrected chi connectivity index (χ1v) is 9.47. The molecule has 1 saturated heterocycles. The second-order valence-electron chi connectivity index (χ2n) is 6.53. The van der Waals surface area contributed by atoms with E-state index in [0.717, 1.165) is 6.42 Å². The van der Waals surface area contributed by atoms with Crippen molar-refractivity contribution in [2.24, 2.45) is 11.7 Å². The molecular formula is C17H27ClN4O3S. The van der Waals surface area contributed by atoms with E-state index < -0.39 is 6.04 Å². The van der Waals surface area contributed by atoms with Crippen LogP contribution in [0.15, 0.2) is 16.8 Å². The average molecular weight is 403 g/mol. The Morgan fingerprint density at radius 1 is 1.19 bits per heavy atom. The maximum absolute atomic E-state index is 12.4. The summed E-state index contributed by atoms with van der Waals surface area (Å²) in [5, 5.41) is 6.32. The van der Waals surface area contributed by atoms with Crippen molar-refractivity contribution >= 4 is 41.5 Å². The van der Waals surface area contributed by atoms with Gasteiger partial charge >= 0.3 is 0 Å². The fraction of sp³-hybridized carbons (Fsp3) is 0.588. The zero-order valence-electron chi connectivity index (χ0n) is 15.1. The third kappa shape index (κ3) is 5.96. The van der Waals surface area contributed by atoms with E-state index in [2.05, 4.69) is 5.32 Å². The second kappa shape index (κ2) is 10.5. The Labute approximate surface area is 164 Å². The molecule has 1 aromatic heterocycles. The van der Waals surface area contributed by atoms with Crippen molar-refractivity contribution in [1.29, 1.82) is 0 Å². The lowest BCUT2D eigenvalue weighted by Gasteiger charge is -2.22. The molecule has 0 saturated carbocycles. The molecular weight excluding hydrogens is 376 g/mol. The van der Waals surface area contributed by atoms with Crippen LogP contribution >= 0.6 is 23.7 Å². The lowest BCUT2D eigenvalue weighted by Crippen LogP contribution is -2.48. The zero-order valence-corrected chi connectivity index (χ0v) is 16.8. The molecule has 2 heterocycles. The number of nitrogens with one attached hydrogen (secondary N) is 1. The van der Waals surface area contributed by atoms with Gasteiger partial charge in [0.1, 0.15) is 0 Å². The Bertz CT molecular complexity index is 609. The van der Waals surface area contributed by atoms with Gasteiger partial charge in [-0.2, -0.15) is 11.3 Å². The number of thiophene rings is 1. The van der Waals surface area contributed by atoms with Gasteiger partial charge in [-0.3, -0.25) is 14.4 Å². The zero-order chi connectivity index (χ0) is 18.4. The highest BCUT2D eigenvalue weighted by atomic mass is 35.5. The van der Waals surface area contributed by atoms with Crippen molar-refractivity contribution in [3.8, 4) is 0 Å².